The Morgan fingerprint density at radius 2 is 2.25 bits per heavy atom. The monoisotopic (exact) mass is 278 g/mol. The predicted octanol–water partition coefficient (Wildman–Crippen LogP) is -0.109. The zero-order chi connectivity index (χ0) is 14.7. The molecule has 0 spiro atoms. The molecule has 2 rings (SSSR count). The molecule has 0 aromatic heterocycles. The molecule has 8 nitrogen and oxygen atoms in total. The molecule has 0 atom stereocenters. The van der Waals surface area contributed by atoms with E-state index in [4.69, 9.17) is 0 Å². The summed E-state index contributed by atoms with van der Waals surface area (Å²) in [6.07, 6.45) is 0. The molecule has 0 aliphatic carbocycles. The summed E-state index contributed by atoms with van der Waals surface area (Å²) in [6, 6.07) is 4.23. The highest BCUT2D eigenvalue weighted by Crippen LogP contribution is 2.29. The number of amides is 2. The third-order valence-corrected chi connectivity index (χ3v) is 3.04. The lowest BCUT2D eigenvalue weighted by atomic mass is 10.1. The molecule has 1 heterocycles. The number of carbonyl (C=O) groups is 2. The highest BCUT2D eigenvalue weighted by molar-refractivity contribution is 5.95. The van der Waals surface area contributed by atoms with Crippen LogP contribution in [0.3, 0.4) is 0 Å². The average molecular weight is 278 g/mol. The van der Waals surface area contributed by atoms with E-state index < -0.39 is 10.8 Å². The third-order valence-electron chi connectivity index (χ3n) is 3.04. The maximum atomic E-state index is 11.5. The number of nitro groups is 1. The Balaban J connectivity index is 2.39. The van der Waals surface area contributed by atoms with Gasteiger partial charge in [0.1, 0.15) is 5.69 Å². The van der Waals surface area contributed by atoms with Crippen molar-refractivity contribution in [2.75, 3.05) is 31.6 Å². The number of nitrogens with zero attached hydrogens (tertiary/aromatic N) is 2. The fourth-order valence-electron chi connectivity index (χ4n) is 2.07. The quantitative estimate of drug-likeness (QED) is 0.593. The smallest absolute Gasteiger partial charge is 0.293 e. The Hall–Kier alpha value is -2.64. The van der Waals surface area contributed by atoms with Crippen molar-refractivity contribution in [2.45, 2.75) is 0 Å². The molecular formula is C12H14N4O4. The van der Waals surface area contributed by atoms with Gasteiger partial charge in [-0.05, 0) is 12.1 Å². The standard InChI is InChI=1S/C12H14N4O4/c1-13-12(18)8-2-3-9(10(6-8)16(19)20)15-5-4-14-11(17)7-15/h2-3,6H,4-5,7H2,1H3,(H,13,18)(H,14,17). The van der Waals surface area contributed by atoms with Gasteiger partial charge in [-0.15, -0.1) is 0 Å². The largest absolute Gasteiger partial charge is 0.355 e. The Morgan fingerprint density at radius 1 is 1.50 bits per heavy atom. The fourth-order valence-corrected chi connectivity index (χ4v) is 2.07. The van der Waals surface area contributed by atoms with E-state index in [1.807, 2.05) is 0 Å². The first-order chi connectivity index (χ1) is 9.52. The minimum Gasteiger partial charge on any atom is -0.355 e. The summed E-state index contributed by atoms with van der Waals surface area (Å²) in [5.41, 5.74) is 0.378. The van der Waals surface area contributed by atoms with Gasteiger partial charge in [-0.3, -0.25) is 19.7 Å². The summed E-state index contributed by atoms with van der Waals surface area (Å²) in [6.45, 7) is 0.999. The molecule has 106 valence electrons. The molecule has 2 N–H and O–H groups in total. The summed E-state index contributed by atoms with van der Waals surface area (Å²) < 4.78 is 0. The van der Waals surface area contributed by atoms with Gasteiger partial charge in [0.15, 0.2) is 0 Å². The molecule has 1 aliphatic heterocycles. The van der Waals surface area contributed by atoms with Gasteiger partial charge in [-0.1, -0.05) is 0 Å². The van der Waals surface area contributed by atoms with Crippen LogP contribution in [0.25, 0.3) is 0 Å². The Morgan fingerprint density at radius 3 is 2.85 bits per heavy atom. The van der Waals surface area contributed by atoms with Crippen LogP contribution in [0.5, 0.6) is 0 Å². The summed E-state index contributed by atoms with van der Waals surface area (Å²) >= 11 is 0. The summed E-state index contributed by atoms with van der Waals surface area (Å²) in [7, 11) is 1.46. The Kier molecular flexibility index (Phi) is 3.83. The van der Waals surface area contributed by atoms with E-state index in [-0.39, 0.29) is 23.7 Å². The molecule has 0 saturated carbocycles. The lowest BCUT2D eigenvalue weighted by molar-refractivity contribution is -0.384. The van der Waals surface area contributed by atoms with E-state index in [0.717, 1.165) is 0 Å². The SMILES string of the molecule is CNC(=O)c1ccc(N2CCNC(=O)C2)c([N+](=O)[O-])c1. The molecule has 0 bridgehead atoms. The van der Waals surface area contributed by atoms with E-state index >= 15 is 0 Å². The summed E-state index contributed by atoms with van der Waals surface area (Å²) in [4.78, 5) is 35.1. The second-order valence-corrected chi connectivity index (χ2v) is 4.31. The predicted molar refractivity (Wildman–Crippen MR) is 71.7 cm³/mol. The van der Waals surface area contributed by atoms with E-state index in [1.54, 1.807) is 4.90 Å². The Bertz CT molecular complexity index is 573. The summed E-state index contributed by atoms with van der Waals surface area (Å²) in [5, 5.41) is 16.2. The van der Waals surface area contributed by atoms with E-state index in [2.05, 4.69) is 10.6 Å². The van der Waals surface area contributed by atoms with Crippen LogP contribution in [-0.2, 0) is 4.79 Å². The molecule has 2 amide bonds. The van der Waals surface area contributed by atoms with Crippen molar-refractivity contribution < 1.29 is 14.5 Å². The second kappa shape index (κ2) is 5.55. The lowest BCUT2D eigenvalue weighted by Crippen LogP contribution is -2.47. The van der Waals surface area contributed by atoms with Crippen molar-refractivity contribution >= 4 is 23.2 Å². The molecule has 0 unspecified atom stereocenters. The number of carbonyl (C=O) groups excluding carboxylic acids is 2. The molecule has 1 aromatic carbocycles. The summed E-state index contributed by atoms with van der Waals surface area (Å²) in [5.74, 6) is -0.572. The zero-order valence-electron chi connectivity index (χ0n) is 10.9. The fraction of sp³-hybridized carbons (Fsp3) is 0.333. The number of nitro benzene ring substituents is 1. The van der Waals surface area contributed by atoms with Gasteiger partial charge in [-0.2, -0.15) is 0 Å². The van der Waals surface area contributed by atoms with Gasteiger partial charge < -0.3 is 15.5 Å². The second-order valence-electron chi connectivity index (χ2n) is 4.31. The number of hydrogen-bond donors (Lipinski definition) is 2. The number of nitrogens with one attached hydrogen (secondary N) is 2. The maximum absolute atomic E-state index is 11.5. The van der Waals surface area contributed by atoms with Crippen LogP contribution in [0.2, 0.25) is 0 Å². The first-order valence-electron chi connectivity index (χ1n) is 6.05. The minimum atomic E-state index is -0.547. The van der Waals surface area contributed by atoms with E-state index in [9.17, 15) is 19.7 Å². The molecule has 1 fully saturated rings. The highest BCUT2D eigenvalue weighted by Gasteiger charge is 2.25. The molecule has 1 aliphatic rings. The van der Waals surface area contributed by atoms with Gasteiger partial charge in [-0.25, -0.2) is 0 Å². The van der Waals surface area contributed by atoms with Crippen LogP contribution >= 0.6 is 0 Å². The van der Waals surface area contributed by atoms with Crippen LogP contribution in [0.1, 0.15) is 10.4 Å². The van der Waals surface area contributed by atoms with Crippen LogP contribution in [0.4, 0.5) is 11.4 Å². The van der Waals surface area contributed by atoms with Crippen LogP contribution in [-0.4, -0.2) is 43.4 Å². The van der Waals surface area contributed by atoms with Gasteiger partial charge in [0.05, 0.1) is 11.5 Å². The number of hydrogen-bond acceptors (Lipinski definition) is 5. The number of piperazine rings is 1. The van der Waals surface area contributed by atoms with Gasteiger partial charge >= 0.3 is 0 Å². The van der Waals surface area contributed by atoms with Crippen LogP contribution in [0.15, 0.2) is 18.2 Å². The molecule has 20 heavy (non-hydrogen) atoms. The first kappa shape index (κ1) is 13.8. The number of anilines is 1. The lowest BCUT2D eigenvalue weighted by Gasteiger charge is -2.28. The topological polar surface area (TPSA) is 105 Å². The van der Waals surface area contributed by atoms with Crippen molar-refractivity contribution in [1.29, 1.82) is 0 Å². The highest BCUT2D eigenvalue weighted by atomic mass is 16.6. The number of benzene rings is 1. The molecule has 0 radical (unpaired) electrons. The van der Waals surface area contributed by atoms with E-state index in [1.165, 1.54) is 25.2 Å². The molecular weight excluding hydrogens is 264 g/mol. The van der Waals surface area contributed by atoms with Crippen molar-refractivity contribution in [3.05, 3.63) is 33.9 Å². The van der Waals surface area contributed by atoms with Crippen molar-refractivity contribution in [2.24, 2.45) is 0 Å². The Labute approximate surface area is 114 Å². The van der Waals surface area contributed by atoms with Crippen molar-refractivity contribution in [3.63, 3.8) is 0 Å². The molecule has 8 heteroatoms. The zero-order valence-corrected chi connectivity index (χ0v) is 10.9. The van der Waals surface area contributed by atoms with Crippen LogP contribution < -0.4 is 15.5 Å². The van der Waals surface area contributed by atoms with E-state index in [0.29, 0.717) is 18.8 Å². The number of rotatable bonds is 3. The van der Waals surface area contributed by atoms with Crippen molar-refractivity contribution in [3.8, 4) is 0 Å². The average Bonchev–Trinajstić information content (AvgIpc) is 2.45. The minimum absolute atomic E-state index is 0.0696. The van der Waals surface area contributed by atoms with Crippen molar-refractivity contribution in [1.82, 2.24) is 10.6 Å². The maximum Gasteiger partial charge on any atom is 0.293 e. The first-order valence-corrected chi connectivity index (χ1v) is 6.05. The van der Waals surface area contributed by atoms with Crippen LogP contribution in [0, 0.1) is 10.1 Å². The third kappa shape index (κ3) is 2.68. The van der Waals surface area contributed by atoms with Gasteiger partial charge in [0, 0.05) is 31.8 Å². The van der Waals surface area contributed by atoms with Gasteiger partial charge in [0.2, 0.25) is 5.91 Å². The van der Waals surface area contributed by atoms with Gasteiger partial charge in [0.25, 0.3) is 11.6 Å². The molecule has 1 saturated heterocycles. The normalized spacial score (nSPS) is 14.7. The molecule has 1 aromatic rings.